The average Bonchev–Trinajstić information content (AvgIpc) is 2.96. The summed E-state index contributed by atoms with van der Waals surface area (Å²) >= 11 is 0. The van der Waals surface area contributed by atoms with Gasteiger partial charge >= 0.3 is 11.9 Å². The van der Waals surface area contributed by atoms with Gasteiger partial charge in [0.1, 0.15) is 0 Å². The van der Waals surface area contributed by atoms with Crippen LogP contribution in [0.1, 0.15) is 18.4 Å². The lowest BCUT2D eigenvalue weighted by atomic mass is 10.1. The third kappa shape index (κ3) is 3.42. The molecule has 0 aliphatic carbocycles. The minimum absolute atomic E-state index is 0.00781. The van der Waals surface area contributed by atoms with Crippen molar-refractivity contribution in [3.8, 4) is 0 Å². The van der Waals surface area contributed by atoms with Crippen LogP contribution in [-0.2, 0) is 25.6 Å². The maximum absolute atomic E-state index is 11.9. The van der Waals surface area contributed by atoms with E-state index in [2.05, 4.69) is 0 Å². The first-order valence-corrected chi connectivity index (χ1v) is 6.86. The molecule has 1 fully saturated rings. The highest BCUT2D eigenvalue weighted by Crippen LogP contribution is 2.27. The third-order valence-corrected chi connectivity index (χ3v) is 3.51. The zero-order valence-electron chi connectivity index (χ0n) is 12.3. The molecule has 5 heteroatoms. The summed E-state index contributed by atoms with van der Waals surface area (Å²) < 4.78 is 9.44. The Kier molecular flexibility index (Phi) is 4.98. The number of allylic oxidation sites excluding steroid dienone is 1. The molecule has 21 heavy (non-hydrogen) atoms. The highest BCUT2D eigenvalue weighted by atomic mass is 16.5. The predicted molar refractivity (Wildman–Crippen MR) is 77.1 cm³/mol. The molecule has 0 N–H and O–H groups in total. The van der Waals surface area contributed by atoms with Gasteiger partial charge in [0.15, 0.2) is 5.57 Å². The van der Waals surface area contributed by atoms with Gasteiger partial charge in [-0.25, -0.2) is 9.59 Å². The van der Waals surface area contributed by atoms with E-state index in [1.807, 2.05) is 35.2 Å². The predicted octanol–water partition coefficient (Wildman–Crippen LogP) is 1.88. The number of ether oxygens (including phenoxy) is 2. The van der Waals surface area contributed by atoms with Crippen LogP contribution < -0.4 is 0 Å². The summed E-state index contributed by atoms with van der Waals surface area (Å²) in [5, 5.41) is 0. The van der Waals surface area contributed by atoms with Crippen LogP contribution in [0.5, 0.6) is 0 Å². The molecule has 2 rings (SSSR count). The summed E-state index contributed by atoms with van der Waals surface area (Å²) in [5.74, 6) is -1.28. The van der Waals surface area contributed by atoms with Crippen LogP contribution in [0.25, 0.3) is 0 Å². The van der Waals surface area contributed by atoms with E-state index in [9.17, 15) is 9.59 Å². The van der Waals surface area contributed by atoms with Crippen LogP contribution in [0.3, 0.4) is 0 Å². The molecule has 1 aromatic rings. The Balaban J connectivity index is 2.31. The molecule has 0 atom stereocenters. The highest BCUT2D eigenvalue weighted by molar-refractivity contribution is 6.14. The number of benzene rings is 1. The van der Waals surface area contributed by atoms with E-state index in [0.29, 0.717) is 18.7 Å². The third-order valence-electron chi connectivity index (χ3n) is 3.51. The van der Waals surface area contributed by atoms with Gasteiger partial charge in [0.2, 0.25) is 0 Å². The van der Waals surface area contributed by atoms with E-state index < -0.39 is 11.9 Å². The molecule has 0 bridgehead atoms. The SMILES string of the molecule is COC(=O)C(C(=O)OC)=C1CCCN1Cc1ccccc1. The Morgan fingerprint density at radius 1 is 1.10 bits per heavy atom. The largest absolute Gasteiger partial charge is 0.465 e. The molecule has 112 valence electrons. The molecule has 0 unspecified atom stereocenters. The van der Waals surface area contributed by atoms with Crippen LogP contribution in [0.4, 0.5) is 0 Å². The number of methoxy groups -OCH3 is 2. The molecule has 1 saturated heterocycles. The van der Waals surface area contributed by atoms with Crippen molar-refractivity contribution in [3.63, 3.8) is 0 Å². The van der Waals surface area contributed by atoms with Crippen LogP contribution >= 0.6 is 0 Å². The lowest BCUT2D eigenvalue weighted by Crippen LogP contribution is -2.25. The first-order valence-electron chi connectivity index (χ1n) is 6.86. The normalized spacial score (nSPS) is 14.0. The number of hydrogen-bond donors (Lipinski definition) is 0. The second-order valence-corrected chi connectivity index (χ2v) is 4.82. The summed E-state index contributed by atoms with van der Waals surface area (Å²) in [6.45, 7) is 1.47. The van der Waals surface area contributed by atoms with E-state index in [-0.39, 0.29) is 5.57 Å². The quantitative estimate of drug-likeness (QED) is 0.367. The topological polar surface area (TPSA) is 55.8 Å². The Bertz CT molecular complexity index is 533. The Morgan fingerprint density at radius 2 is 1.71 bits per heavy atom. The fourth-order valence-corrected chi connectivity index (χ4v) is 2.51. The minimum Gasteiger partial charge on any atom is -0.465 e. The van der Waals surface area contributed by atoms with Crippen molar-refractivity contribution in [1.29, 1.82) is 0 Å². The van der Waals surface area contributed by atoms with Crippen molar-refractivity contribution in [3.05, 3.63) is 47.2 Å². The summed E-state index contributed by atoms with van der Waals surface area (Å²) in [7, 11) is 2.53. The van der Waals surface area contributed by atoms with Gasteiger partial charge in [-0.1, -0.05) is 30.3 Å². The van der Waals surface area contributed by atoms with Crippen molar-refractivity contribution in [2.24, 2.45) is 0 Å². The second-order valence-electron chi connectivity index (χ2n) is 4.82. The molecule has 0 radical (unpaired) electrons. The number of rotatable bonds is 4. The number of esters is 2. The van der Waals surface area contributed by atoms with Crippen molar-refractivity contribution in [2.45, 2.75) is 19.4 Å². The van der Waals surface area contributed by atoms with Gasteiger partial charge in [0.05, 0.1) is 14.2 Å². The number of carbonyl (C=O) groups is 2. The molecule has 1 aromatic carbocycles. The van der Waals surface area contributed by atoms with Crippen LogP contribution in [0, 0.1) is 0 Å². The number of likely N-dealkylation sites (tertiary alicyclic amines) is 1. The van der Waals surface area contributed by atoms with Crippen LogP contribution in [-0.4, -0.2) is 37.6 Å². The maximum Gasteiger partial charge on any atom is 0.347 e. The lowest BCUT2D eigenvalue weighted by Gasteiger charge is -2.22. The summed E-state index contributed by atoms with van der Waals surface area (Å²) in [4.78, 5) is 25.8. The van der Waals surface area contributed by atoms with Gasteiger partial charge in [0, 0.05) is 18.8 Å². The summed E-state index contributed by atoms with van der Waals surface area (Å²) in [6.07, 6.45) is 1.58. The smallest absolute Gasteiger partial charge is 0.347 e. The molecular formula is C16H19NO4. The molecular weight excluding hydrogens is 270 g/mol. The van der Waals surface area contributed by atoms with Crippen molar-refractivity contribution >= 4 is 11.9 Å². The molecule has 5 nitrogen and oxygen atoms in total. The number of nitrogens with zero attached hydrogens (tertiary/aromatic N) is 1. The van der Waals surface area contributed by atoms with Crippen molar-refractivity contribution < 1.29 is 19.1 Å². The van der Waals surface area contributed by atoms with Crippen molar-refractivity contribution in [2.75, 3.05) is 20.8 Å². The molecule has 1 heterocycles. The van der Waals surface area contributed by atoms with E-state index in [0.717, 1.165) is 18.5 Å². The molecule has 0 aromatic heterocycles. The number of carbonyl (C=O) groups excluding carboxylic acids is 2. The zero-order chi connectivity index (χ0) is 15.2. The fourth-order valence-electron chi connectivity index (χ4n) is 2.51. The van der Waals surface area contributed by atoms with Gasteiger partial charge in [0.25, 0.3) is 0 Å². The first kappa shape index (κ1) is 15.1. The monoisotopic (exact) mass is 289 g/mol. The first-order chi connectivity index (χ1) is 10.2. The maximum atomic E-state index is 11.9. The summed E-state index contributed by atoms with van der Waals surface area (Å²) in [6, 6.07) is 9.93. The van der Waals surface area contributed by atoms with E-state index in [1.165, 1.54) is 14.2 Å². The molecule has 1 aliphatic rings. The molecule has 0 saturated carbocycles. The van der Waals surface area contributed by atoms with Gasteiger partial charge in [-0.3, -0.25) is 0 Å². The molecule has 1 aliphatic heterocycles. The Labute approximate surface area is 124 Å². The van der Waals surface area contributed by atoms with Gasteiger partial charge in [-0.05, 0) is 18.4 Å². The fraction of sp³-hybridized carbons (Fsp3) is 0.375. The van der Waals surface area contributed by atoms with E-state index in [1.54, 1.807) is 0 Å². The number of hydrogen-bond acceptors (Lipinski definition) is 5. The van der Waals surface area contributed by atoms with Crippen LogP contribution in [0.2, 0.25) is 0 Å². The van der Waals surface area contributed by atoms with Crippen LogP contribution in [0.15, 0.2) is 41.6 Å². The summed E-state index contributed by atoms with van der Waals surface area (Å²) in [5.41, 5.74) is 1.84. The average molecular weight is 289 g/mol. The zero-order valence-corrected chi connectivity index (χ0v) is 12.3. The minimum atomic E-state index is -0.642. The molecule has 0 amide bonds. The van der Waals surface area contributed by atoms with Gasteiger partial charge in [-0.15, -0.1) is 0 Å². The Morgan fingerprint density at radius 3 is 2.29 bits per heavy atom. The van der Waals surface area contributed by atoms with Crippen molar-refractivity contribution in [1.82, 2.24) is 4.90 Å². The molecule has 0 spiro atoms. The van der Waals surface area contributed by atoms with Gasteiger partial charge in [-0.2, -0.15) is 0 Å². The van der Waals surface area contributed by atoms with E-state index >= 15 is 0 Å². The van der Waals surface area contributed by atoms with Gasteiger partial charge < -0.3 is 14.4 Å². The lowest BCUT2D eigenvalue weighted by molar-refractivity contribution is -0.144. The second kappa shape index (κ2) is 6.92. The standard InChI is InChI=1S/C16H19NO4/c1-20-15(18)14(16(19)21-2)13-9-6-10-17(13)11-12-7-4-3-5-8-12/h3-5,7-8H,6,9-11H2,1-2H3. The Hall–Kier alpha value is -2.30. The highest BCUT2D eigenvalue weighted by Gasteiger charge is 2.30. The van der Waals surface area contributed by atoms with E-state index in [4.69, 9.17) is 9.47 Å².